The van der Waals surface area contributed by atoms with E-state index in [9.17, 15) is 18.0 Å². The molecule has 1 heterocycles. The van der Waals surface area contributed by atoms with E-state index >= 15 is 0 Å². The normalized spacial score (nSPS) is 15.3. The second-order valence-electron chi connectivity index (χ2n) is 7.06. The quantitative estimate of drug-likeness (QED) is 0.667. The average molecular weight is 421 g/mol. The minimum Gasteiger partial charge on any atom is -0.366 e. The third-order valence-electron chi connectivity index (χ3n) is 5.09. The molecule has 2 N–H and O–H groups in total. The summed E-state index contributed by atoms with van der Waals surface area (Å²) in [6.45, 7) is -1.24. The Balaban J connectivity index is 1.86. The minimum atomic E-state index is -4.47. The molecule has 4 rings (SSSR count). The topological polar surface area (TPSA) is 73.8 Å². The zero-order valence-corrected chi connectivity index (χ0v) is 15.8. The van der Waals surface area contributed by atoms with Crippen molar-refractivity contribution in [3.05, 3.63) is 70.5 Å². The predicted molar refractivity (Wildman–Crippen MR) is 101 cm³/mol. The maximum Gasteiger partial charge on any atom is 0.406 e. The van der Waals surface area contributed by atoms with Gasteiger partial charge in [0.15, 0.2) is 5.82 Å². The van der Waals surface area contributed by atoms with E-state index in [1.165, 1.54) is 18.2 Å². The number of primary amides is 1. The summed E-state index contributed by atoms with van der Waals surface area (Å²) in [6.07, 6.45) is -3.11. The highest BCUT2D eigenvalue weighted by Crippen LogP contribution is 2.53. The predicted octanol–water partition coefficient (Wildman–Crippen LogP) is 4.34. The van der Waals surface area contributed by atoms with Gasteiger partial charge < -0.3 is 10.3 Å². The van der Waals surface area contributed by atoms with Crippen molar-refractivity contribution in [1.82, 2.24) is 14.8 Å². The van der Waals surface area contributed by atoms with Crippen LogP contribution in [-0.4, -0.2) is 26.8 Å². The van der Waals surface area contributed by atoms with Crippen LogP contribution in [0, 0.1) is 0 Å². The van der Waals surface area contributed by atoms with Crippen LogP contribution in [0.1, 0.15) is 34.6 Å². The van der Waals surface area contributed by atoms with Crippen LogP contribution in [0.5, 0.6) is 0 Å². The second kappa shape index (κ2) is 6.88. The molecule has 0 aliphatic heterocycles. The third kappa shape index (κ3) is 3.60. The summed E-state index contributed by atoms with van der Waals surface area (Å²) in [7, 11) is 0. The van der Waals surface area contributed by atoms with Gasteiger partial charge in [-0.25, -0.2) is 0 Å². The Hall–Kier alpha value is -2.87. The molecular weight excluding hydrogens is 405 g/mol. The van der Waals surface area contributed by atoms with Gasteiger partial charge in [-0.05, 0) is 36.6 Å². The number of aromatic nitrogens is 3. The van der Waals surface area contributed by atoms with E-state index in [0.717, 1.165) is 10.1 Å². The van der Waals surface area contributed by atoms with Crippen LogP contribution in [0.3, 0.4) is 0 Å². The summed E-state index contributed by atoms with van der Waals surface area (Å²) in [5.74, 6) is -0.427. The summed E-state index contributed by atoms with van der Waals surface area (Å²) in [5, 5.41) is 8.28. The van der Waals surface area contributed by atoms with Gasteiger partial charge in [-0.2, -0.15) is 13.2 Å². The smallest absolute Gasteiger partial charge is 0.366 e. The number of amides is 1. The Morgan fingerprint density at radius 1 is 1.14 bits per heavy atom. The largest absolute Gasteiger partial charge is 0.406 e. The van der Waals surface area contributed by atoms with E-state index in [0.29, 0.717) is 12.8 Å². The van der Waals surface area contributed by atoms with Crippen molar-refractivity contribution >= 4 is 17.5 Å². The van der Waals surface area contributed by atoms with E-state index in [-0.39, 0.29) is 27.8 Å². The first-order chi connectivity index (χ1) is 13.7. The summed E-state index contributed by atoms with van der Waals surface area (Å²) in [6, 6.07) is 13.5. The number of nitrogens with two attached hydrogens (primary N) is 1. The highest BCUT2D eigenvalue weighted by Gasteiger charge is 2.51. The number of benzene rings is 2. The first-order valence-electron chi connectivity index (χ1n) is 8.87. The van der Waals surface area contributed by atoms with Gasteiger partial charge in [0, 0.05) is 11.1 Å². The Bertz CT molecular complexity index is 1080. The molecule has 0 saturated heterocycles. The lowest BCUT2D eigenvalue weighted by Crippen LogP contribution is -2.24. The third-order valence-corrected chi connectivity index (χ3v) is 5.40. The second-order valence-corrected chi connectivity index (χ2v) is 7.46. The molecule has 1 fully saturated rings. The van der Waals surface area contributed by atoms with Gasteiger partial charge in [0.1, 0.15) is 12.4 Å². The molecule has 5 nitrogen and oxygen atoms in total. The van der Waals surface area contributed by atoms with Crippen molar-refractivity contribution in [2.24, 2.45) is 5.73 Å². The molecule has 1 aliphatic rings. The number of carbonyl (C=O) groups excluding carboxylic acids is 1. The fourth-order valence-electron chi connectivity index (χ4n) is 3.56. The lowest BCUT2D eigenvalue weighted by atomic mass is 9.95. The van der Waals surface area contributed by atoms with E-state index in [4.69, 9.17) is 17.3 Å². The van der Waals surface area contributed by atoms with Crippen LogP contribution < -0.4 is 5.73 Å². The fourth-order valence-corrected chi connectivity index (χ4v) is 3.82. The molecule has 0 spiro atoms. The van der Waals surface area contributed by atoms with Crippen molar-refractivity contribution in [2.75, 3.05) is 0 Å². The van der Waals surface area contributed by atoms with Crippen molar-refractivity contribution in [2.45, 2.75) is 31.0 Å². The minimum absolute atomic E-state index is 0.000511. The Labute approximate surface area is 169 Å². The molecule has 29 heavy (non-hydrogen) atoms. The maximum absolute atomic E-state index is 13.4. The number of nitrogens with zero attached hydrogens (tertiary/aromatic N) is 3. The SMILES string of the molecule is NC(=O)c1ccc(-c2nnc(C3(c4ccccc4)CC3)n2CC(F)(F)F)c(Cl)c1. The van der Waals surface area contributed by atoms with E-state index in [1.54, 1.807) is 0 Å². The molecule has 9 heteroatoms. The molecular formula is C20H16ClF3N4O. The van der Waals surface area contributed by atoms with Crippen molar-refractivity contribution < 1.29 is 18.0 Å². The molecule has 1 aliphatic carbocycles. The van der Waals surface area contributed by atoms with Crippen LogP contribution in [0.2, 0.25) is 5.02 Å². The number of hydrogen-bond acceptors (Lipinski definition) is 3. The summed E-state index contributed by atoms with van der Waals surface area (Å²) >= 11 is 6.24. The van der Waals surface area contributed by atoms with Gasteiger partial charge in [-0.15, -0.1) is 10.2 Å². The van der Waals surface area contributed by atoms with Gasteiger partial charge in [-0.3, -0.25) is 4.79 Å². The average Bonchev–Trinajstić information content (AvgIpc) is 3.37. The maximum atomic E-state index is 13.4. The van der Waals surface area contributed by atoms with Crippen LogP contribution >= 0.6 is 11.6 Å². The van der Waals surface area contributed by atoms with Crippen molar-refractivity contribution in [1.29, 1.82) is 0 Å². The number of alkyl halides is 3. The molecule has 1 aromatic heterocycles. The fraction of sp³-hybridized carbons (Fsp3) is 0.250. The Kier molecular flexibility index (Phi) is 4.61. The van der Waals surface area contributed by atoms with Crippen molar-refractivity contribution in [3.8, 4) is 11.4 Å². The van der Waals surface area contributed by atoms with E-state index < -0.39 is 24.0 Å². The number of halogens is 4. The standard InChI is InChI=1S/C20H16ClF3N4O/c21-15-10-12(16(25)29)6-7-14(15)17-26-27-18(28(17)11-20(22,23)24)19(8-9-19)13-4-2-1-3-5-13/h1-7,10H,8-9,11H2,(H2,25,29). The molecule has 0 atom stereocenters. The molecule has 150 valence electrons. The molecule has 3 aromatic rings. The van der Waals surface area contributed by atoms with Gasteiger partial charge >= 0.3 is 6.18 Å². The summed E-state index contributed by atoms with van der Waals surface area (Å²) < 4.78 is 41.3. The van der Waals surface area contributed by atoms with Crippen LogP contribution in [0.25, 0.3) is 11.4 Å². The lowest BCUT2D eigenvalue weighted by molar-refractivity contribution is -0.140. The monoisotopic (exact) mass is 420 g/mol. The molecule has 1 amide bonds. The van der Waals surface area contributed by atoms with Gasteiger partial charge in [0.25, 0.3) is 0 Å². The van der Waals surface area contributed by atoms with Gasteiger partial charge in [0.2, 0.25) is 5.91 Å². The van der Waals surface area contributed by atoms with Gasteiger partial charge in [0.05, 0.1) is 10.4 Å². The molecule has 0 bridgehead atoms. The summed E-state index contributed by atoms with van der Waals surface area (Å²) in [4.78, 5) is 11.3. The molecule has 2 aromatic carbocycles. The number of carbonyl (C=O) groups is 1. The Morgan fingerprint density at radius 2 is 1.83 bits per heavy atom. The number of rotatable bonds is 5. The van der Waals surface area contributed by atoms with Crippen molar-refractivity contribution in [3.63, 3.8) is 0 Å². The van der Waals surface area contributed by atoms with E-state index in [2.05, 4.69) is 10.2 Å². The van der Waals surface area contributed by atoms with Crippen LogP contribution in [0.4, 0.5) is 13.2 Å². The molecule has 1 saturated carbocycles. The van der Waals surface area contributed by atoms with Gasteiger partial charge in [-0.1, -0.05) is 41.9 Å². The zero-order chi connectivity index (χ0) is 20.8. The number of hydrogen-bond donors (Lipinski definition) is 1. The highest BCUT2D eigenvalue weighted by molar-refractivity contribution is 6.33. The van der Waals surface area contributed by atoms with Crippen LogP contribution in [0.15, 0.2) is 48.5 Å². The highest BCUT2D eigenvalue weighted by atomic mass is 35.5. The zero-order valence-electron chi connectivity index (χ0n) is 15.1. The lowest BCUT2D eigenvalue weighted by Gasteiger charge is -2.19. The first kappa shape index (κ1) is 19.4. The molecule has 0 unspecified atom stereocenters. The van der Waals surface area contributed by atoms with Crippen LogP contribution in [-0.2, 0) is 12.0 Å². The first-order valence-corrected chi connectivity index (χ1v) is 9.25. The summed E-state index contributed by atoms with van der Waals surface area (Å²) in [5.41, 5.74) is 5.95. The molecule has 0 radical (unpaired) electrons. The Morgan fingerprint density at radius 3 is 2.38 bits per heavy atom. The van der Waals surface area contributed by atoms with E-state index in [1.807, 2.05) is 30.3 Å².